The summed E-state index contributed by atoms with van der Waals surface area (Å²) in [4.78, 5) is 37.5. The molecule has 2 N–H and O–H groups in total. The average Bonchev–Trinajstić information content (AvgIpc) is 2.87. The Morgan fingerprint density at radius 1 is 1.04 bits per heavy atom. The molecule has 4 amide bonds. The maximum Gasteiger partial charge on any atom is 0.440 e. The summed E-state index contributed by atoms with van der Waals surface area (Å²) in [6.45, 7) is 1.75. The van der Waals surface area contributed by atoms with Crippen LogP contribution in [0.25, 0.3) is 0 Å². The number of nitrogens with one attached hydrogen (secondary N) is 2. The minimum Gasteiger partial charge on any atom is -0.314 e. The number of nitrogens with zero attached hydrogens (tertiary/aromatic N) is 1. The number of rotatable bonds is 3. The number of anilines is 1. The van der Waals surface area contributed by atoms with Crippen LogP contribution in [0.15, 0.2) is 54.6 Å². The molecule has 0 aliphatic carbocycles. The van der Waals surface area contributed by atoms with E-state index in [2.05, 4.69) is 0 Å². The van der Waals surface area contributed by atoms with Crippen LogP contribution in [-0.4, -0.2) is 29.7 Å². The minimum atomic E-state index is -5.26. The molecule has 1 aliphatic rings. The standard InChI is InChI=1S/C18H14F3N3O3/c1-11-7-9-13(10-8-11)24-15(26)17(18(19,20)21,23-16(24)27)22-14(25)12-5-3-2-4-6-12/h2-10H,1H3,(H,22,25)(H,23,27)/t17-/m1/s1. The molecule has 1 aliphatic heterocycles. The van der Waals surface area contributed by atoms with E-state index in [4.69, 9.17) is 0 Å². The van der Waals surface area contributed by atoms with Crippen LogP contribution in [0.1, 0.15) is 15.9 Å². The zero-order valence-electron chi connectivity index (χ0n) is 14.0. The molecule has 6 nitrogen and oxygen atoms in total. The van der Waals surface area contributed by atoms with Gasteiger partial charge in [-0.1, -0.05) is 35.9 Å². The van der Waals surface area contributed by atoms with Gasteiger partial charge >= 0.3 is 12.2 Å². The van der Waals surface area contributed by atoms with Gasteiger partial charge in [0, 0.05) is 5.56 Å². The smallest absolute Gasteiger partial charge is 0.314 e. The van der Waals surface area contributed by atoms with E-state index >= 15 is 0 Å². The van der Waals surface area contributed by atoms with Crippen LogP contribution in [0.4, 0.5) is 23.7 Å². The molecule has 1 atom stereocenters. The van der Waals surface area contributed by atoms with Gasteiger partial charge in [0.25, 0.3) is 17.5 Å². The van der Waals surface area contributed by atoms with Crippen LogP contribution < -0.4 is 15.5 Å². The zero-order valence-corrected chi connectivity index (χ0v) is 14.0. The Morgan fingerprint density at radius 3 is 2.19 bits per heavy atom. The average molecular weight is 377 g/mol. The third-order valence-electron chi connectivity index (χ3n) is 4.08. The number of alkyl halides is 3. The molecule has 27 heavy (non-hydrogen) atoms. The van der Waals surface area contributed by atoms with Crippen molar-refractivity contribution in [3.8, 4) is 0 Å². The lowest BCUT2D eigenvalue weighted by molar-refractivity contribution is -0.197. The van der Waals surface area contributed by atoms with Crippen molar-refractivity contribution in [2.24, 2.45) is 0 Å². The van der Waals surface area contributed by atoms with Gasteiger partial charge in [-0.2, -0.15) is 13.2 Å². The van der Waals surface area contributed by atoms with Crippen LogP contribution in [0.5, 0.6) is 0 Å². The van der Waals surface area contributed by atoms with Crippen LogP contribution in [0.2, 0.25) is 0 Å². The molecule has 140 valence electrons. The maximum atomic E-state index is 13.8. The van der Waals surface area contributed by atoms with Crippen molar-refractivity contribution in [1.82, 2.24) is 10.6 Å². The van der Waals surface area contributed by atoms with Gasteiger partial charge < -0.3 is 5.32 Å². The fourth-order valence-corrected chi connectivity index (χ4v) is 2.64. The van der Waals surface area contributed by atoms with Crippen LogP contribution >= 0.6 is 0 Å². The summed E-state index contributed by atoms with van der Waals surface area (Å²) >= 11 is 0. The highest BCUT2D eigenvalue weighted by molar-refractivity contribution is 6.24. The molecule has 0 bridgehead atoms. The molecule has 2 aromatic rings. The lowest BCUT2D eigenvalue weighted by atomic mass is 10.1. The maximum absolute atomic E-state index is 13.8. The van der Waals surface area contributed by atoms with Gasteiger partial charge in [-0.25, -0.2) is 9.69 Å². The summed E-state index contributed by atoms with van der Waals surface area (Å²) in [6.07, 6.45) is -5.26. The quantitative estimate of drug-likeness (QED) is 0.808. The Kier molecular flexibility index (Phi) is 4.38. The van der Waals surface area contributed by atoms with Gasteiger partial charge in [0.05, 0.1) is 5.69 Å². The van der Waals surface area contributed by atoms with Crippen molar-refractivity contribution in [3.63, 3.8) is 0 Å². The van der Waals surface area contributed by atoms with Gasteiger partial charge in [0.2, 0.25) is 0 Å². The Hall–Kier alpha value is -3.36. The number of benzene rings is 2. The molecule has 0 aromatic heterocycles. The first kappa shape index (κ1) is 18.4. The normalized spacial score (nSPS) is 19.8. The number of amides is 4. The SMILES string of the molecule is Cc1ccc(N2C(=O)N[C@@](NC(=O)c3ccccc3)(C(F)(F)F)C2=O)cc1. The number of hydrogen-bond donors (Lipinski definition) is 2. The van der Waals surface area contributed by atoms with Crippen LogP contribution in [0.3, 0.4) is 0 Å². The van der Waals surface area contributed by atoms with E-state index in [-0.39, 0.29) is 11.3 Å². The van der Waals surface area contributed by atoms with E-state index in [1.54, 1.807) is 35.8 Å². The first-order valence-corrected chi connectivity index (χ1v) is 7.83. The highest BCUT2D eigenvalue weighted by atomic mass is 19.4. The predicted octanol–water partition coefficient (Wildman–Crippen LogP) is 2.74. The largest absolute Gasteiger partial charge is 0.440 e. The van der Waals surface area contributed by atoms with E-state index in [0.717, 1.165) is 5.56 Å². The van der Waals surface area contributed by atoms with E-state index in [9.17, 15) is 27.6 Å². The lowest BCUT2D eigenvalue weighted by Crippen LogP contribution is -2.69. The lowest BCUT2D eigenvalue weighted by Gasteiger charge is -2.29. The molecular formula is C18H14F3N3O3. The van der Waals surface area contributed by atoms with Crippen molar-refractivity contribution in [2.75, 3.05) is 4.90 Å². The van der Waals surface area contributed by atoms with Crippen LogP contribution in [0, 0.1) is 6.92 Å². The van der Waals surface area contributed by atoms with E-state index in [0.29, 0.717) is 4.90 Å². The summed E-state index contributed by atoms with van der Waals surface area (Å²) in [5, 5.41) is 3.25. The topological polar surface area (TPSA) is 78.5 Å². The van der Waals surface area contributed by atoms with Crippen molar-refractivity contribution >= 4 is 23.5 Å². The molecule has 2 aromatic carbocycles. The highest BCUT2D eigenvalue weighted by Gasteiger charge is 2.69. The van der Waals surface area contributed by atoms with Crippen molar-refractivity contribution in [2.45, 2.75) is 18.8 Å². The predicted molar refractivity (Wildman–Crippen MR) is 89.9 cm³/mol. The second-order valence-corrected chi connectivity index (χ2v) is 5.97. The fourth-order valence-electron chi connectivity index (χ4n) is 2.64. The van der Waals surface area contributed by atoms with E-state index in [1.807, 2.05) is 0 Å². The molecule has 0 spiro atoms. The Morgan fingerprint density at radius 2 is 1.63 bits per heavy atom. The van der Waals surface area contributed by atoms with Gasteiger partial charge in [0.15, 0.2) is 0 Å². The number of halogens is 3. The molecule has 0 unspecified atom stereocenters. The van der Waals surface area contributed by atoms with Gasteiger partial charge in [0.1, 0.15) is 0 Å². The molecular weight excluding hydrogens is 363 g/mol. The number of carbonyl (C=O) groups is 3. The van der Waals surface area contributed by atoms with Crippen molar-refractivity contribution in [3.05, 3.63) is 65.7 Å². The number of aryl methyl sites for hydroxylation is 1. The highest BCUT2D eigenvalue weighted by Crippen LogP contribution is 2.36. The zero-order chi connectivity index (χ0) is 19.8. The minimum absolute atomic E-state index is 0.0387. The van der Waals surface area contributed by atoms with E-state index in [1.165, 1.54) is 36.4 Å². The Balaban J connectivity index is 2.00. The summed E-state index contributed by atoms with van der Waals surface area (Å²) in [6, 6.07) is 11.6. The summed E-state index contributed by atoms with van der Waals surface area (Å²) < 4.78 is 41.4. The first-order chi connectivity index (χ1) is 12.7. The third kappa shape index (κ3) is 3.12. The van der Waals surface area contributed by atoms with Crippen molar-refractivity contribution < 1.29 is 27.6 Å². The number of carbonyl (C=O) groups excluding carboxylic acids is 3. The molecule has 0 saturated carbocycles. The Labute approximate surface area is 152 Å². The Bertz CT molecular complexity index is 898. The van der Waals surface area contributed by atoms with Gasteiger partial charge in [-0.15, -0.1) is 0 Å². The fraction of sp³-hybridized carbons (Fsp3) is 0.167. The van der Waals surface area contributed by atoms with Crippen LogP contribution in [-0.2, 0) is 4.79 Å². The molecule has 3 rings (SSSR count). The molecule has 1 saturated heterocycles. The molecule has 1 heterocycles. The third-order valence-corrected chi connectivity index (χ3v) is 4.08. The second kappa shape index (κ2) is 6.42. The number of urea groups is 1. The molecule has 0 radical (unpaired) electrons. The number of hydrogen-bond acceptors (Lipinski definition) is 3. The second-order valence-electron chi connectivity index (χ2n) is 5.97. The van der Waals surface area contributed by atoms with Gasteiger partial charge in [-0.3, -0.25) is 14.9 Å². The first-order valence-electron chi connectivity index (χ1n) is 7.83. The summed E-state index contributed by atoms with van der Waals surface area (Å²) in [5.74, 6) is -2.78. The number of imide groups is 1. The molecule has 1 fully saturated rings. The van der Waals surface area contributed by atoms with E-state index < -0.39 is 29.7 Å². The summed E-state index contributed by atoms with van der Waals surface area (Å²) in [7, 11) is 0. The van der Waals surface area contributed by atoms with Crippen molar-refractivity contribution in [1.29, 1.82) is 0 Å². The van der Waals surface area contributed by atoms with Gasteiger partial charge in [-0.05, 0) is 31.2 Å². The molecule has 9 heteroatoms. The monoisotopic (exact) mass is 377 g/mol. The summed E-state index contributed by atoms with van der Waals surface area (Å²) in [5.41, 5.74) is -2.88.